The number of nitrogens with one attached hydrogen (secondary N) is 2. The lowest BCUT2D eigenvalue weighted by Gasteiger charge is -2.37. The van der Waals surface area contributed by atoms with E-state index >= 15 is 0 Å². The Bertz CT molecular complexity index is 970. The second-order valence-corrected chi connectivity index (χ2v) is 7.70. The standard InChI is InChI=1S/C23H25N3O3/c1-2-3-13-24-23(27)15-11-12-20-19(14-15)16-8-6-9-17(16)22(25-20)18-7-4-5-10-21(18)26(28)29/h4-8,10-12,14,16-17,22,25H,2-3,9,13H2,1H3,(H,24,27). The van der Waals surface area contributed by atoms with E-state index in [4.69, 9.17) is 0 Å². The number of para-hydroxylation sites is 1. The fourth-order valence-corrected chi connectivity index (χ4v) is 4.44. The third-order valence-electron chi connectivity index (χ3n) is 5.91. The molecule has 2 aromatic rings. The summed E-state index contributed by atoms with van der Waals surface area (Å²) in [6.45, 7) is 2.77. The molecule has 6 nitrogen and oxygen atoms in total. The molecule has 0 saturated carbocycles. The van der Waals surface area contributed by atoms with Crippen LogP contribution in [0.15, 0.2) is 54.6 Å². The van der Waals surface area contributed by atoms with Gasteiger partial charge in [0.25, 0.3) is 11.6 Å². The quantitative estimate of drug-likeness (QED) is 0.316. The number of benzene rings is 2. The minimum absolute atomic E-state index is 0.0550. The van der Waals surface area contributed by atoms with Crippen LogP contribution in [0.3, 0.4) is 0 Å². The third kappa shape index (κ3) is 3.62. The summed E-state index contributed by atoms with van der Waals surface area (Å²) in [5, 5.41) is 18.0. The van der Waals surface area contributed by atoms with Crippen LogP contribution in [0.2, 0.25) is 0 Å². The van der Waals surface area contributed by atoms with Crippen LogP contribution in [0, 0.1) is 16.0 Å². The summed E-state index contributed by atoms with van der Waals surface area (Å²) in [4.78, 5) is 23.7. The SMILES string of the molecule is CCCCNC(=O)c1ccc2c(c1)C1C=CCC1C(c1ccccc1[N+](=O)[O-])N2. The highest BCUT2D eigenvalue weighted by Crippen LogP contribution is 2.51. The second-order valence-electron chi connectivity index (χ2n) is 7.70. The summed E-state index contributed by atoms with van der Waals surface area (Å²) in [6, 6.07) is 12.5. The van der Waals surface area contributed by atoms with Gasteiger partial charge in [-0.15, -0.1) is 0 Å². The van der Waals surface area contributed by atoms with Crippen molar-refractivity contribution in [2.45, 2.75) is 38.1 Å². The second kappa shape index (κ2) is 8.07. The van der Waals surface area contributed by atoms with E-state index in [9.17, 15) is 14.9 Å². The van der Waals surface area contributed by atoms with Crippen LogP contribution in [-0.4, -0.2) is 17.4 Å². The van der Waals surface area contributed by atoms with E-state index in [-0.39, 0.29) is 34.4 Å². The van der Waals surface area contributed by atoms with E-state index < -0.39 is 0 Å². The van der Waals surface area contributed by atoms with Crippen LogP contribution in [0.25, 0.3) is 0 Å². The third-order valence-corrected chi connectivity index (χ3v) is 5.91. The predicted molar refractivity (Wildman–Crippen MR) is 113 cm³/mol. The molecule has 150 valence electrons. The number of hydrogen-bond acceptors (Lipinski definition) is 4. The Balaban J connectivity index is 1.66. The zero-order valence-electron chi connectivity index (χ0n) is 16.4. The summed E-state index contributed by atoms with van der Waals surface area (Å²) >= 11 is 0. The molecule has 0 bridgehead atoms. The molecular weight excluding hydrogens is 366 g/mol. The van der Waals surface area contributed by atoms with Crippen LogP contribution >= 0.6 is 0 Å². The Morgan fingerprint density at radius 3 is 2.86 bits per heavy atom. The van der Waals surface area contributed by atoms with Crippen molar-refractivity contribution >= 4 is 17.3 Å². The Labute approximate surface area is 170 Å². The lowest BCUT2D eigenvalue weighted by Crippen LogP contribution is -2.30. The highest BCUT2D eigenvalue weighted by Gasteiger charge is 2.40. The van der Waals surface area contributed by atoms with Crippen LogP contribution in [-0.2, 0) is 0 Å². The summed E-state index contributed by atoms with van der Waals surface area (Å²) in [5.74, 6) is 0.266. The van der Waals surface area contributed by atoms with E-state index in [1.165, 1.54) is 0 Å². The molecule has 29 heavy (non-hydrogen) atoms. The lowest BCUT2D eigenvalue weighted by atomic mass is 9.76. The van der Waals surface area contributed by atoms with Crippen LogP contribution in [0.4, 0.5) is 11.4 Å². The fourth-order valence-electron chi connectivity index (χ4n) is 4.44. The lowest BCUT2D eigenvalue weighted by molar-refractivity contribution is -0.385. The molecule has 0 fully saturated rings. The average molecular weight is 391 g/mol. The van der Waals surface area contributed by atoms with Gasteiger partial charge in [0.1, 0.15) is 0 Å². The topological polar surface area (TPSA) is 84.3 Å². The van der Waals surface area contributed by atoms with Crippen molar-refractivity contribution in [3.8, 4) is 0 Å². The largest absolute Gasteiger partial charge is 0.377 e. The molecular formula is C23H25N3O3. The monoisotopic (exact) mass is 391 g/mol. The first-order valence-electron chi connectivity index (χ1n) is 10.2. The number of amides is 1. The Morgan fingerprint density at radius 2 is 2.07 bits per heavy atom. The van der Waals surface area contributed by atoms with Gasteiger partial charge in [-0.25, -0.2) is 0 Å². The van der Waals surface area contributed by atoms with Crippen molar-refractivity contribution in [1.29, 1.82) is 0 Å². The van der Waals surface area contributed by atoms with Crippen molar-refractivity contribution in [2.24, 2.45) is 5.92 Å². The average Bonchev–Trinajstić information content (AvgIpc) is 3.23. The smallest absolute Gasteiger partial charge is 0.274 e. The summed E-state index contributed by atoms with van der Waals surface area (Å²) < 4.78 is 0. The molecule has 3 atom stereocenters. The molecule has 0 aromatic heterocycles. The molecule has 1 heterocycles. The normalized spacial score (nSPS) is 21.8. The Hall–Kier alpha value is -3.15. The van der Waals surface area contributed by atoms with Crippen molar-refractivity contribution in [3.63, 3.8) is 0 Å². The van der Waals surface area contributed by atoms with Gasteiger partial charge in [0.05, 0.1) is 16.5 Å². The molecule has 6 heteroatoms. The minimum atomic E-state index is -0.312. The van der Waals surface area contributed by atoms with Gasteiger partial charge in [0.15, 0.2) is 0 Å². The fraction of sp³-hybridized carbons (Fsp3) is 0.348. The number of anilines is 1. The first-order valence-corrected chi connectivity index (χ1v) is 10.2. The number of carbonyl (C=O) groups excluding carboxylic acids is 1. The molecule has 0 radical (unpaired) electrons. The maximum Gasteiger partial charge on any atom is 0.274 e. The molecule has 1 aliphatic carbocycles. The van der Waals surface area contributed by atoms with Gasteiger partial charge >= 0.3 is 0 Å². The number of nitro groups is 1. The molecule has 4 rings (SSSR count). The zero-order valence-corrected chi connectivity index (χ0v) is 16.4. The number of nitrogens with zero attached hydrogens (tertiary/aromatic N) is 1. The van der Waals surface area contributed by atoms with Gasteiger partial charge in [-0.2, -0.15) is 0 Å². The molecule has 2 N–H and O–H groups in total. The van der Waals surface area contributed by atoms with Gasteiger partial charge < -0.3 is 10.6 Å². The van der Waals surface area contributed by atoms with Gasteiger partial charge in [0, 0.05) is 29.8 Å². The molecule has 1 amide bonds. The zero-order chi connectivity index (χ0) is 20.4. The summed E-state index contributed by atoms with van der Waals surface area (Å²) in [6.07, 6.45) is 7.16. The van der Waals surface area contributed by atoms with Gasteiger partial charge in [0.2, 0.25) is 0 Å². The summed E-state index contributed by atoms with van der Waals surface area (Å²) in [7, 11) is 0. The van der Waals surface area contributed by atoms with E-state index in [1.54, 1.807) is 12.1 Å². The first kappa shape index (κ1) is 19.2. The molecule has 1 aliphatic heterocycles. The number of nitro benzene ring substituents is 1. The Morgan fingerprint density at radius 1 is 1.24 bits per heavy atom. The van der Waals surface area contributed by atoms with E-state index in [0.717, 1.165) is 30.5 Å². The van der Waals surface area contributed by atoms with Crippen molar-refractivity contribution < 1.29 is 9.72 Å². The predicted octanol–water partition coefficient (Wildman–Crippen LogP) is 4.95. The molecule has 0 spiro atoms. The summed E-state index contributed by atoms with van der Waals surface area (Å²) in [5.41, 5.74) is 3.53. The maximum absolute atomic E-state index is 12.5. The minimum Gasteiger partial charge on any atom is -0.377 e. The number of hydrogen-bond donors (Lipinski definition) is 2. The van der Waals surface area contributed by atoms with E-state index in [2.05, 4.69) is 29.7 Å². The van der Waals surface area contributed by atoms with Gasteiger partial charge in [-0.1, -0.05) is 43.7 Å². The first-order chi connectivity index (χ1) is 14.1. The molecule has 2 aromatic carbocycles. The number of rotatable bonds is 6. The number of allylic oxidation sites excluding steroid dienone is 2. The molecule has 3 unspecified atom stereocenters. The maximum atomic E-state index is 12.5. The Kier molecular flexibility index (Phi) is 5.34. The van der Waals surface area contributed by atoms with Crippen molar-refractivity contribution in [1.82, 2.24) is 5.32 Å². The van der Waals surface area contributed by atoms with Crippen molar-refractivity contribution in [2.75, 3.05) is 11.9 Å². The van der Waals surface area contributed by atoms with Crippen molar-refractivity contribution in [3.05, 3.63) is 81.4 Å². The van der Waals surface area contributed by atoms with Gasteiger partial charge in [-0.05, 0) is 42.5 Å². The highest BCUT2D eigenvalue weighted by molar-refractivity contribution is 5.95. The number of unbranched alkanes of at least 4 members (excludes halogenated alkanes) is 1. The van der Waals surface area contributed by atoms with Crippen LogP contribution < -0.4 is 10.6 Å². The highest BCUT2D eigenvalue weighted by atomic mass is 16.6. The molecule has 0 saturated heterocycles. The van der Waals surface area contributed by atoms with E-state index in [0.29, 0.717) is 17.7 Å². The number of carbonyl (C=O) groups is 1. The molecule has 2 aliphatic rings. The van der Waals surface area contributed by atoms with Crippen LogP contribution in [0.5, 0.6) is 0 Å². The van der Waals surface area contributed by atoms with Gasteiger partial charge in [-0.3, -0.25) is 14.9 Å². The number of fused-ring (bicyclic) bond motifs is 3. The van der Waals surface area contributed by atoms with E-state index in [1.807, 2.05) is 30.3 Å². The van der Waals surface area contributed by atoms with Crippen LogP contribution in [0.1, 0.15) is 59.6 Å².